The third-order valence-electron chi connectivity index (χ3n) is 5.12. The molecule has 2 atom stereocenters. The lowest BCUT2D eigenvalue weighted by atomic mass is 10.0. The number of alkyl carbamates (subject to hydrolysis) is 1. The zero-order valence-electron chi connectivity index (χ0n) is 19.3. The van der Waals surface area contributed by atoms with E-state index in [0.29, 0.717) is 37.9 Å². The van der Waals surface area contributed by atoms with Gasteiger partial charge in [0.25, 0.3) is 0 Å². The van der Waals surface area contributed by atoms with Crippen LogP contribution in [0.2, 0.25) is 0 Å². The molecule has 9 heteroatoms. The maximum Gasteiger partial charge on any atom is 0.407 e. The summed E-state index contributed by atoms with van der Waals surface area (Å²) in [7, 11) is 0. The number of nitrogens with one attached hydrogen (secondary N) is 2. The van der Waals surface area contributed by atoms with Gasteiger partial charge in [0.2, 0.25) is 11.8 Å². The number of hydrogen-bond donors (Lipinski definition) is 3. The lowest BCUT2D eigenvalue weighted by Gasteiger charge is -2.28. The van der Waals surface area contributed by atoms with Gasteiger partial charge >= 0.3 is 6.09 Å². The van der Waals surface area contributed by atoms with Gasteiger partial charge in [-0.25, -0.2) is 4.79 Å². The third-order valence-corrected chi connectivity index (χ3v) is 5.12. The normalized spacial score (nSPS) is 15.7. The molecular formula is C23H36N4O5. The summed E-state index contributed by atoms with van der Waals surface area (Å²) < 4.78 is 5.12. The summed E-state index contributed by atoms with van der Waals surface area (Å²) in [5, 5.41) is 16.2. The van der Waals surface area contributed by atoms with Crippen molar-refractivity contribution < 1.29 is 24.2 Å². The fourth-order valence-corrected chi connectivity index (χ4v) is 3.48. The Labute approximate surface area is 189 Å². The van der Waals surface area contributed by atoms with E-state index < -0.39 is 18.2 Å². The maximum absolute atomic E-state index is 13.0. The van der Waals surface area contributed by atoms with Crippen LogP contribution in [-0.2, 0) is 14.3 Å². The zero-order chi connectivity index (χ0) is 23.6. The Morgan fingerprint density at radius 3 is 2.41 bits per heavy atom. The van der Waals surface area contributed by atoms with Gasteiger partial charge in [0, 0.05) is 37.4 Å². The zero-order valence-corrected chi connectivity index (χ0v) is 19.3. The number of nitrogens with zero attached hydrogens (tertiary/aromatic N) is 2. The summed E-state index contributed by atoms with van der Waals surface area (Å²) in [5.74, 6) is -0.555. The molecule has 0 saturated carbocycles. The average Bonchev–Trinajstić information content (AvgIpc) is 3.28. The van der Waals surface area contributed by atoms with Crippen LogP contribution in [0, 0.1) is 0 Å². The molecule has 1 aromatic rings. The number of rotatable bonds is 10. The van der Waals surface area contributed by atoms with E-state index in [1.807, 2.05) is 20.8 Å². The van der Waals surface area contributed by atoms with Crippen molar-refractivity contribution in [2.24, 2.45) is 0 Å². The fraction of sp³-hybridized carbons (Fsp3) is 0.652. The molecule has 1 aromatic heterocycles. The van der Waals surface area contributed by atoms with Gasteiger partial charge in [-0.3, -0.25) is 14.6 Å². The molecule has 1 aliphatic rings. The number of aliphatic hydroxyl groups is 1. The highest BCUT2D eigenvalue weighted by molar-refractivity contribution is 5.88. The van der Waals surface area contributed by atoms with Gasteiger partial charge < -0.3 is 25.4 Å². The van der Waals surface area contributed by atoms with Crippen molar-refractivity contribution in [1.82, 2.24) is 20.5 Å². The fourth-order valence-electron chi connectivity index (χ4n) is 3.48. The second-order valence-corrected chi connectivity index (χ2v) is 9.12. The summed E-state index contributed by atoms with van der Waals surface area (Å²) >= 11 is 0. The van der Waals surface area contributed by atoms with Crippen molar-refractivity contribution in [2.45, 2.75) is 77.0 Å². The van der Waals surface area contributed by atoms with Crippen LogP contribution in [0.5, 0.6) is 0 Å². The van der Waals surface area contributed by atoms with Gasteiger partial charge in [-0.15, -0.1) is 0 Å². The minimum atomic E-state index is -1.15. The van der Waals surface area contributed by atoms with Crippen LogP contribution in [0.3, 0.4) is 0 Å². The number of hydrogen-bond acceptors (Lipinski definition) is 6. The lowest BCUT2D eigenvalue weighted by molar-refractivity contribution is -0.139. The molecule has 0 aliphatic carbocycles. The second-order valence-electron chi connectivity index (χ2n) is 9.12. The Morgan fingerprint density at radius 1 is 1.12 bits per heavy atom. The minimum Gasteiger partial charge on any atom is -0.450 e. The lowest BCUT2D eigenvalue weighted by Crippen LogP contribution is -2.51. The van der Waals surface area contributed by atoms with Crippen molar-refractivity contribution in [3.8, 4) is 0 Å². The molecule has 2 rings (SSSR count). The molecule has 3 amide bonds. The Hall–Kier alpha value is -2.68. The first kappa shape index (κ1) is 25.6. The second kappa shape index (κ2) is 12.4. The summed E-state index contributed by atoms with van der Waals surface area (Å²) in [6, 6.07) is 2.24. The molecule has 2 heterocycles. The smallest absolute Gasteiger partial charge is 0.407 e. The standard InChI is InChI=1S/C23H36N4O5/c1-23(2,3)26-22(31)32-16-8-4-5-9-18(28)25-19(21(30)27-14-6-7-15-27)20(29)17-10-12-24-13-11-17/h10-13,19-20,29H,4-9,14-16H2,1-3H3,(H,25,28)(H,26,31). The number of amides is 3. The monoisotopic (exact) mass is 448 g/mol. The summed E-state index contributed by atoms with van der Waals surface area (Å²) in [6.07, 6.45) is 5.49. The van der Waals surface area contributed by atoms with Crippen molar-refractivity contribution in [2.75, 3.05) is 19.7 Å². The highest BCUT2D eigenvalue weighted by Crippen LogP contribution is 2.20. The van der Waals surface area contributed by atoms with E-state index in [-0.39, 0.29) is 30.4 Å². The van der Waals surface area contributed by atoms with Crippen LogP contribution in [0.1, 0.15) is 71.0 Å². The summed E-state index contributed by atoms with van der Waals surface area (Å²) in [4.78, 5) is 42.7. The first-order chi connectivity index (χ1) is 15.2. The van der Waals surface area contributed by atoms with E-state index in [0.717, 1.165) is 12.8 Å². The molecule has 178 valence electrons. The third kappa shape index (κ3) is 8.82. The molecule has 0 aromatic carbocycles. The molecule has 1 fully saturated rings. The van der Waals surface area contributed by atoms with Crippen LogP contribution in [0.25, 0.3) is 0 Å². The molecule has 2 unspecified atom stereocenters. The van der Waals surface area contributed by atoms with Gasteiger partial charge in [0.1, 0.15) is 12.1 Å². The van der Waals surface area contributed by atoms with Crippen LogP contribution in [0.4, 0.5) is 4.79 Å². The van der Waals surface area contributed by atoms with Gasteiger partial charge in [0.15, 0.2) is 0 Å². The quantitative estimate of drug-likeness (QED) is 0.472. The van der Waals surface area contributed by atoms with Crippen molar-refractivity contribution in [3.63, 3.8) is 0 Å². The molecule has 3 N–H and O–H groups in total. The highest BCUT2D eigenvalue weighted by Gasteiger charge is 2.34. The van der Waals surface area contributed by atoms with E-state index in [1.165, 1.54) is 0 Å². The molecule has 32 heavy (non-hydrogen) atoms. The Balaban J connectivity index is 1.79. The number of unbranched alkanes of at least 4 members (excludes halogenated alkanes) is 2. The topological polar surface area (TPSA) is 121 Å². The molecule has 0 radical (unpaired) electrons. The minimum absolute atomic E-state index is 0.223. The first-order valence-electron chi connectivity index (χ1n) is 11.3. The molecule has 9 nitrogen and oxygen atoms in total. The maximum atomic E-state index is 13.0. The van der Waals surface area contributed by atoms with E-state index in [2.05, 4.69) is 15.6 Å². The van der Waals surface area contributed by atoms with Crippen LogP contribution >= 0.6 is 0 Å². The van der Waals surface area contributed by atoms with E-state index in [9.17, 15) is 19.5 Å². The Kier molecular flexibility index (Phi) is 9.90. The predicted octanol–water partition coefficient (Wildman–Crippen LogP) is 2.31. The highest BCUT2D eigenvalue weighted by atomic mass is 16.5. The van der Waals surface area contributed by atoms with Gasteiger partial charge in [-0.2, -0.15) is 0 Å². The molecule has 0 spiro atoms. The Bertz CT molecular complexity index is 745. The number of carbonyl (C=O) groups is 3. The number of aliphatic hydroxyl groups excluding tert-OH is 1. The molecule has 0 bridgehead atoms. The Morgan fingerprint density at radius 2 is 1.78 bits per heavy atom. The van der Waals surface area contributed by atoms with Crippen molar-refractivity contribution in [3.05, 3.63) is 30.1 Å². The number of aromatic nitrogens is 1. The van der Waals surface area contributed by atoms with Crippen LogP contribution in [0.15, 0.2) is 24.5 Å². The number of likely N-dealkylation sites (tertiary alicyclic amines) is 1. The van der Waals surface area contributed by atoms with E-state index >= 15 is 0 Å². The van der Waals surface area contributed by atoms with Gasteiger partial charge in [-0.05, 0) is 70.6 Å². The SMILES string of the molecule is CC(C)(C)NC(=O)OCCCCCC(=O)NC(C(=O)N1CCCC1)C(O)c1ccncc1. The molecule has 1 aliphatic heterocycles. The summed E-state index contributed by atoms with van der Waals surface area (Å²) in [6.45, 7) is 7.18. The van der Waals surface area contributed by atoms with Crippen LogP contribution in [-0.4, -0.2) is 64.2 Å². The number of carbonyl (C=O) groups excluding carboxylic acids is 3. The van der Waals surface area contributed by atoms with E-state index in [1.54, 1.807) is 29.4 Å². The van der Waals surface area contributed by atoms with Crippen LogP contribution < -0.4 is 10.6 Å². The number of ether oxygens (including phenoxy) is 1. The number of pyridine rings is 1. The van der Waals surface area contributed by atoms with Crippen molar-refractivity contribution >= 4 is 17.9 Å². The largest absolute Gasteiger partial charge is 0.450 e. The molecular weight excluding hydrogens is 412 g/mol. The van der Waals surface area contributed by atoms with Crippen molar-refractivity contribution in [1.29, 1.82) is 0 Å². The van der Waals surface area contributed by atoms with E-state index in [4.69, 9.17) is 4.74 Å². The summed E-state index contributed by atoms with van der Waals surface area (Å²) in [5.41, 5.74) is 0.183. The predicted molar refractivity (Wildman–Crippen MR) is 120 cm³/mol. The van der Waals surface area contributed by atoms with Gasteiger partial charge in [0.05, 0.1) is 6.61 Å². The first-order valence-corrected chi connectivity index (χ1v) is 11.3. The average molecular weight is 449 g/mol. The molecule has 1 saturated heterocycles. The van der Waals surface area contributed by atoms with Gasteiger partial charge in [-0.1, -0.05) is 0 Å².